The Bertz CT molecular complexity index is 716. The molecule has 2 aromatic rings. The van der Waals surface area contributed by atoms with Gasteiger partial charge in [-0.3, -0.25) is 0 Å². The van der Waals surface area contributed by atoms with Gasteiger partial charge in [0.05, 0.1) is 0 Å². The number of ether oxygens (including phenoxy) is 1. The summed E-state index contributed by atoms with van der Waals surface area (Å²) >= 11 is 0. The summed E-state index contributed by atoms with van der Waals surface area (Å²) in [6.07, 6.45) is -2.90. The van der Waals surface area contributed by atoms with Crippen molar-refractivity contribution in [2.45, 2.75) is 44.1 Å². The van der Waals surface area contributed by atoms with Crippen LogP contribution in [0.15, 0.2) is 42.5 Å². The zero-order chi connectivity index (χ0) is 18.0. The van der Waals surface area contributed by atoms with E-state index in [1.54, 1.807) is 12.1 Å². The number of halogens is 5. The molecule has 25 heavy (non-hydrogen) atoms. The highest BCUT2D eigenvalue weighted by molar-refractivity contribution is 5.64. The molecule has 0 radical (unpaired) electrons. The molecule has 1 fully saturated rings. The van der Waals surface area contributed by atoms with Crippen molar-refractivity contribution in [3.63, 3.8) is 0 Å². The number of hydrogen-bond donors (Lipinski definition) is 0. The van der Waals surface area contributed by atoms with E-state index in [4.69, 9.17) is 0 Å². The molecule has 0 atom stereocenters. The molecule has 0 N–H and O–H groups in total. The SMILES string of the molecule is Fc1cc(-c2ccc(C3CCC(F)CC3)cc2)ccc1OC(F)(F)F. The summed E-state index contributed by atoms with van der Waals surface area (Å²) in [6.45, 7) is 0. The Morgan fingerprint density at radius 3 is 2.00 bits per heavy atom. The molecule has 1 nitrogen and oxygen atoms in total. The number of rotatable bonds is 3. The molecule has 0 unspecified atom stereocenters. The van der Waals surface area contributed by atoms with Crippen molar-refractivity contribution in [3.05, 3.63) is 53.8 Å². The average molecular weight is 356 g/mol. The third kappa shape index (κ3) is 4.50. The van der Waals surface area contributed by atoms with E-state index in [0.29, 0.717) is 29.9 Å². The van der Waals surface area contributed by atoms with Gasteiger partial charge in [0, 0.05) is 0 Å². The number of alkyl halides is 4. The van der Waals surface area contributed by atoms with E-state index < -0.39 is 24.1 Å². The van der Waals surface area contributed by atoms with E-state index in [1.165, 1.54) is 6.07 Å². The van der Waals surface area contributed by atoms with Gasteiger partial charge in [-0.1, -0.05) is 30.3 Å². The van der Waals surface area contributed by atoms with E-state index in [0.717, 1.165) is 30.5 Å². The Balaban J connectivity index is 1.75. The van der Waals surface area contributed by atoms with Gasteiger partial charge in [0.2, 0.25) is 0 Å². The van der Waals surface area contributed by atoms with Crippen LogP contribution in [-0.4, -0.2) is 12.5 Å². The fourth-order valence-corrected chi connectivity index (χ4v) is 3.22. The molecule has 0 aromatic heterocycles. The smallest absolute Gasteiger partial charge is 0.403 e. The normalized spacial score (nSPS) is 21.2. The standard InChI is InChI=1S/C19H17F5O/c20-16-8-5-13(6-9-16)12-1-3-14(4-2-12)15-7-10-18(17(21)11-15)25-19(22,23)24/h1-4,7,10-11,13,16H,5-6,8-9H2. The predicted octanol–water partition coefficient (Wildman–Crippen LogP) is 6.39. The highest BCUT2D eigenvalue weighted by Crippen LogP contribution is 2.35. The van der Waals surface area contributed by atoms with Gasteiger partial charge in [-0.15, -0.1) is 13.2 Å². The van der Waals surface area contributed by atoms with Crippen molar-refractivity contribution in [2.75, 3.05) is 0 Å². The molecule has 0 spiro atoms. The molecule has 3 rings (SSSR count). The maximum absolute atomic E-state index is 13.8. The highest BCUT2D eigenvalue weighted by atomic mass is 19.4. The molecule has 1 aliphatic carbocycles. The average Bonchev–Trinajstić information content (AvgIpc) is 2.56. The van der Waals surface area contributed by atoms with Crippen LogP contribution < -0.4 is 4.74 Å². The second-order valence-electron chi connectivity index (χ2n) is 6.26. The van der Waals surface area contributed by atoms with Gasteiger partial charge in [-0.25, -0.2) is 8.78 Å². The first kappa shape index (κ1) is 17.7. The van der Waals surface area contributed by atoms with E-state index in [2.05, 4.69) is 4.74 Å². The molecule has 1 saturated carbocycles. The van der Waals surface area contributed by atoms with Crippen LogP contribution in [0.3, 0.4) is 0 Å². The van der Waals surface area contributed by atoms with Gasteiger partial charge in [0.25, 0.3) is 0 Å². The quantitative estimate of drug-likeness (QED) is 0.579. The summed E-state index contributed by atoms with van der Waals surface area (Å²) in [5.74, 6) is -1.60. The first-order valence-electron chi connectivity index (χ1n) is 8.11. The van der Waals surface area contributed by atoms with Crippen molar-refractivity contribution in [2.24, 2.45) is 0 Å². The van der Waals surface area contributed by atoms with Crippen LogP contribution in [-0.2, 0) is 0 Å². The fraction of sp³-hybridized carbons (Fsp3) is 0.368. The summed E-state index contributed by atoms with van der Waals surface area (Å²) in [7, 11) is 0. The minimum atomic E-state index is -4.93. The lowest BCUT2D eigenvalue weighted by atomic mass is 9.83. The minimum Gasteiger partial charge on any atom is -0.403 e. The van der Waals surface area contributed by atoms with Gasteiger partial charge in [-0.05, 0) is 60.4 Å². The van der Waals surface area contributed by atoms with Crippen molar-refractivity contribution in [1.29, 1.82) is 0 Å². The minimum absolute atomic E-state index is 0.320. The van der Waals surface area contributed by atoms with Crippen molar-refractivity contribution < 1.29 is 26.7 Å². The zero-order valence-corrected chi connectivity index (χ0v) is 13.3. The van der Waals surface area contributed by atoms with Gasteiger partial charge >= 0.3 is 6.36 Å². The molecule has 6 heteroatoms. The summed E-state index contributed by atoms with van der Waals surface area (Å²) in [5.41, 5.74) is 2.26. The zero-order valence-electron chi connectivity index (χ0n) is 13.3. The molecule has 0 amide bonds. The van der Waals surface area contributed by atoms with Crippen LogP contribution >= 0.6 is 0 Å². The second kappa shape index (κ2) is 7.02. The predicted molar refractivity (Wildman–Crippen MR) is 84.6 cm³/mol. The Labute approximate surface area is 142 Å². The van der Waals surface area contributed by atoms with Gasteiger partial charge < -0.3 is 4.74 Å². The lowest BCUT2D eigenvalue weighted by Crippen LogP contribution is -2.17. The second-order valence-corrected chi connectivity index (χ2v) is 6.26. The van der Waals surface area contributed by atoms with Crippen molar-refractivity contribution in [1.82, 2.24) is 0 Å². The van der Waals surface area contributed by atoms with Crippen LogP contribution in [0, 0.1) is 5.82 Å². The Morgan fingerprint density at radius 1 is 0.840 bits per heavy atom. The van der Waals surface area contributed by atoms with Crippen LogP contribution in [0.4, 0.5) is 22.0 Å². The maximum atomic E-state index is 13.8. The molecule has 1 aliphatic rings. The first-order chi connectivity index (χ1) is 11.8. The fourth-order valence-electron chi connectivity index (χ4n) is 3.22. The maximum Gasteiger partial charge on any atom is 0.573 e. The first-order valence-corrected chi connectivity index (χ1v) is 8.11. The molecule has 0 aliphatic heterocycles. The lowest BCUT2D eigenvalue weighted by Gasteiger charge is -2.24. The highest BCUT2D eigenvalue weighted by Gasteiger charge is 2.32. The van der Waals surface area contributed by atoms with Crippen LogP contribution in [0.2, 0.25) is 0 Å². The van der Waals surface area contributed by atoms with Crippen LogP contribution in [0.5, 0.6) is 5.75 Å². The summed E-state index contributed by atoms with van der Waals surface area (Å²) in [5, 5.41) is 0. The monoisotopic (exact) mass is 356 g/mol. The third-order valence-corrected chi connectivity index (χ3v) is 4.53. The molecule has 2 aromatic carbocycles. The van der Waals surface area contributed by atoms with Gasteiger partial charge in [0.1, 0.15) is 6.17 Å². The largest absolute Gasteiger partial charge is 0.573 e. The van der Waals surface area contributed by atoms with E-state index in [1.807, 2.05) is 12.1 Å². The summed E-state index contributed by atoms with van der Waals surface area (Å²) < 4.78 is 67.2. The summed E-state index contributed by atoms with van der Waals surface area (Å²) in [4.78, 5) is 0. The van der Waals surface area contributed by atoms with Gasteiger partial charge in [0.15, 0.2) is 11.6 Å². The molecular formula is C19H17F5O. The van der Waals surface area contributed by atoms with Crippen molar-refractivity contribution in [3.8, 4) is 16.9 Å². The van der Waals surface area contributed by atoms with E-state index in [-0.39, 0.29) is 0 Å². The molecule has 134 valence electrons. The van der Waals surface area contributed by atoms with Crippen molar-refractivity contribution >= 4 is 0 Å². The Kier molecular flexibility index (Phi) is 4.97. The molecule has 0 bridgehead atoms. The molecule has 0 saturated heterocycles. The number of benzene rings is 2. The lowest BCUT2D eigenvalue weighted by molar-refractivity contribution is -0.275. The van der Waals surface area contributed by atoms with E-state index in [9.17, 15) is 22.0 Å². The topological polar surface area (TPSA) is 9.23 Å². The summed E-state index contributed by atoms with van der Waals surface area (Å²) in [6, 6.07) is 10.8. The van der Waals surface area contributed by atoms with Crippen LogP contribution in [0.1, 0.15) is 37.2 Å². The third-order valence-electron chi connectivity index (χ3n) is 4.53. The molecular weight excluding hydrogens is 339 g/mol. The number of hydrogen-bond acceptors (Lipinski definition) is 1. The van der Waals surface area contributed by atoms with E-state index >= 15 is 0 Å². The van der Waals surface area contributed by atoms with Gasteiger partial charge in [-0.2, -0.15) is 0 Å². The Morgan fingerprint density at radius 2 is 1.44 bits per heavy atom. The molecule has 0 heterocycles. The van der Waals surface area contributed by atoms with Crippen LogP contribution in [0.25, 0.3) is 11.1 Å². The Hall–Kier alpha value is -2.11.